The zero-order valence-electron chi connectivity index (χ0n) is 23.7. The Kier molecular flexibility index (Phi) is 11.7. The smallest absolute Gasteiger partial charge is 0.328 e. The summed E-state index contributed by atoms with van der Waals surface area (Å²) in [6.07, 6.45) is 15.4. The largest absolute Gasteiger partial charge is 0.493 e. The van der Waals surface area contributed by atoms with Gasteiger partial charge in [-0.15, -0.1) is 0 Å². The van der Waals surface area contributed by atoms with Gasteiger partial charge < -0.3 is 14.8 Å². The summed E-state index contributed by atoms with van der Waals surface area (Å²) in [5, 5.41) is 3.10. The van der Waals surface area contributed by atoms with Crippen LogP contribution in [0, 0.1) is 17.8 Å². The average molecular weight is 534 g/mol. The highest BCUT2D eigenvalue weighted by atomic mass is 16.5. The zero-order valence-corrected chi connectivity index (χ0v) is 23.7. The highest BCUT2D eigenvalue weighted by molar-refractivity contribution is 5.86. The summed E-state index contributed by atoms with van der Waals surface area (Å²) in [7, 11) is 1.39. The normalized spacial score (nSPS) is 18.2. The SMILES string of the molecule is COC(=O)[C@H](Cc1ccc(OCC2CCCCC2)cc1)NC(=O)C(CCCc1ccccc1)C1CCCCC1. The van der Waals surface area contributed by atoms with Gasteiger partial charge in [0.15, 0.2) is 0 Å². The number of hydrogen-bond acceptors (Lipinski definition) is 4. The summed E-state index contributed by atoms with van der Waals surface area (Å²) >= 11 is 0. The lowest BCUT2D eigenvalue weighted by Crippen LogP contribution is -2.47. The van der Waals surface area contributed by atoms with Crippen molar-refractivity contribution in [1.29, 1.82) is 0 Å². The van der Waals surface area contributed by atoms with E-state index in [1.54, 1.807) is 0 Å². The Morgan fingerprint density at radius 1 is 0.846 bits per heavy atom. The molecule has 2 aromatic rings. The van der Waals surface area contributed by atoms with Gasteiger partial charge in [0.2, 0.25) is 5.91 Å². The van der Waals surface area contributed by atoms with Gasteiger partial charge in [0, 0.05) is 12.3 Å². The highest BCUT2D eigenvalue weighted by Gasteiger charge is 2.32. The van der Waals surface area contributed by atoms with Crippen molar-refractivity contribution in [3.63, 3.8) is 0 Å². The first-order valence-corrected chi connectivity index (χ1v) is 15.3. The van der Waals surface area contributed by atoms with E-state index in [9.17, 15) is 9.59 Å². The van der Waals surface area contributed by atoms with E-state index in [1.165, 1.54) is 64.0 Å². The molecule has 5 heteroatoms. The van der Waals surface area contributed by atoms with Crippen LogP contribution in [0.5, 0.6) is 5.75 Å². The lowest BCUT2D eigenvalue weighted by Gasteiger charge is -2.30. The minimum Gasteiger partial charge on any atom is -0.493 e. The average Bonchev–Trinajstić information content (AvgIpc) is 2.99. The Bertz CT molecular complexity index is 994. The first-order chi connectivity index (χ1) is 19.1. The second-order valence-electron chi connectivity index (χ2n) is 11.6. The quantitative estimate of drug-likeness (QED) is 0.280. The van der Waals surface area contributed by atoms with E-state index in [1.807, 2.05) is 30.3 Å². The van der Waals surface area contributed by atoms with Crippen LogP contribution >= 0.6 is 0 Å². The van der Waals surface area contributed by atoms with Gasteiger partial charge in [-0.2, -0.15) is 0 Å². The molecule has 1 amide bonds. The molecule has 2 aliphatic carbocycles. The van der Waals surface area contributed by atoms with Gasteiger partial charge in [-0.3, -0.25) is 4.79 Å². The van der Waals surface area contributed by atoms with Crippen molar-refractivity contribution in [3.8, 4) is 5.75 Å². The van der Waals surface area contributed by atoms with Gasteiger partial charge in [-0.1, -0.05) is 81.0 Å². The van der Waals surface area contributed by atoms with Crippen molar-refractivity contribution in [2.24, 2.45) is 17.8 Å². The van der Waals surface area contributed by atoms with Gasteiger partial charge >= 0.3 is 5.97 Å². The summed E-state index contributed by atoms with van der Waals surface area (Å²) in [5.74, 6) is 1.43. The summed E-state index contributed by atoms with van der Waals surface area (Å²) < 4.78 is 11.1. The monoisotopic (exact) mass is 533 g/mol. The first kappa shape index (κ1) is 29.2. The molecular weight excluding hydrogens is 486 g/mol. The molecule has 2 saturated carbocycles. The molecular formula is C34H47NO4. The molecule has 0 aliphatic heterocycles. The molecule has 2 aromatic carbocycles. The Balaban J connectivity index is 1.35. The van der Waals surface area contributed by atoms with Gasteiger partial charge in [0.25, 0.3) is 0 Å². The van der Waals surface area contributed by atoms with E-state index in [-0.39, 0.29) is 11.8 Å². The van der Waals surface area contributed by atoms with E-state index in [4.69, 9.17) is 9.47 Å². The Morgan fingerprint density at radius 2 is 1.51 bits per heavy atom. The van der Waals surface area contributed by atoms with E-state index >= 15 is 0 Å². The number of aryl methyl sites for hydroxylation is 1. The van der Waals surface area contributed by atoms with Gasteiger partial charge in [0.05, 0.1) is 13.7 Å². The number of ether oxygens (including phenoxy) is 2. The van der Waals surface area contributed by atoms with Crippen LogP contribution in [-0.2, 0) is 27.2 Å². The van der Waals surface area contributed by atoms with Crippen molar-refractivity contribution in [3.05, 3.63) is 65.7 Å². The molecule has 0 heterocycles. The van der Waals surface area contributed by atoms with Crippen LogP contribution in [-0.4, -0.2) is 31.6 Å². The predicted molar refractivity (Wildman–Crippen MR) is 156 cm³/mol. The molecule has 2 fully saturated rings. The number of esters is 1. The van der Waals surface area contributed by atoms with E-state index in [2.05, 4.69) is 29.6 Å². The fourth-order valence-corrected chi connectivity index (χ4v) is 6.43. The molecule has 0 radical (unpaired) electrons. The van der Waals surface area contributed by atoms with Crippen LogP contribution in [0.2, 0.25) is 0 Å². The molecule has 0 spiro atoms. The van der Waals surface area contributed by atoms with Crippen LogP contribution < -0.4 is 10.1 Å². The van der Waals surface area contributed by atoms with E-state index in [0.717, 1.165) is 50.0 Å². The van der Waals surface area contributed by atoms with Crippen molar-refractivity contribution in [2.75, 3.05) is 13.7 Å². The molecule has 1 N–H and O–H groups in total. The van der Waals surface area contributed by atoms with E-state index < -0.39 is 12.0 Å². The Labute approximate surface area is 235 Å². The standard InChI is InChI=1S/C34H47NO4/c1-38-34(37)32(24-27-20-22-30(23-21-27)39-25-28-14-7-3-8-15-28)35-33(36)31(29-17-9-4-10-18-29)19-11-16-26-12-5-2-6-13-26/h2,5-6,12-13,20-23,28-29,31-32H,3-4,7-11,14-19,24-25H2,1H3,(H,35,36)/t31?,32-/m0/s1. The molecule has 212 valence electrons. The molecule has 39 heavy (non-hydrogen) atoms. The fourth-order valence-electron chi connectivity index (χ4n) is 6.43. The maximum absolute atomic E-state index is 13.7. The molecule has 1 unspecified atom stereocenters. The van der Waals surface area contributed by atoms with Crippen LogP contribution in [0.15, 0.2) is 54.6 Å². The molecule has 2 aliphatic rings. The molecule has 0 saturated heterocycles. The highest BCUT2D eigenvalue weighted by Crippen LogP contribution is 2.33. The van der Waals surface area contributed by atoms with Crippen LogP contribution in [0.4, 0.5) is 0 Å². The number of carbonyl (C=O) groups is 2. The molecule has 0 bridgehead atoms. The fraction of sp³-hybridized carbons (Fsp3) is 0.588. The number of nitrogens with one attached hydrogen (secondary N) is 1. The third-order valence-electron chi connectivity index (χ3n) is 8.75. The van der Waals surface area contributed by atoms with Gasteiger partial charge in [-0.25, -0.2) is 4.79 Å². The lowest BCUT2D eigenvalue weighted by molar-refractivity contribution is -0.146. The Hall–Kier alpha value is -2.82. The molecule has 5 nitrogen and oxygen atoms in total. The minimum absolute atomic E-state index is 0.00204. The van der Waals surface area contributed by atoms with Crippen molar-refractivity contribution < 1.29 is 19.1 Å². The summed E-state index contributed by atoms with van der Waals surface area (Å²) in [4.78, 5) is 26.4. The third-order valence-corrected chi connectivity index (χ3v) is 8.75. The second-order valence-corrected chi connectivity index (χ2v) is 11.6. The topological polar surface area (TPSA) is 64.6 Å². The number of hydrogen-bond donors (Lipinski definition) is 1. The summed E-state index contributed by atoms with van der Waals surface area (Å²) in [6.45, 7) is 0.771. The maximum Gasteiger partial charge on any atom is 0.328 e. The zero-order chi connectivity index (χ0) is 27.3. The summed E-state index contributed by atoms with van der Waals surface area (Å²) in [6, 6.07) is 17.7. The predicted octanol–water partition coefficient (Wildman–Crippen LogP) is 7.07. The van der Waals surface area contributed by atoms with Crippen LogP contribution in [0.25, 0.3) is 0 Å². The number of amides is 1. The molecule has 4 rings (SSSR count). The number of carbonyl (C=O) groups excluding carboxylic acids is 2. The van der Waals surface area contributed by atoms with Crippen molar-refractivity contribution in [1.82, 2.24) is 5.32 Å². The van der Waals surface area contributed by atoms with Crippen molar-refractivity contribution >= 4 is 11.9 Å². The maximum atomic E-state index is 13.7. The van der Waals surface area contributed by atoms with Gasteiger partial charge in [0.1, 0.15) is 11.8 Å². The summed E-state index contributed by atoms with van der Waals surface area (Å²) in [5.41, 5.74) is 2.29. The Morgan fingerprint density at radius 3 is 2.18 bits per heavy atom. The molecule has 2 atom stereocenters. The third kappa shape index (κ3) is 9.40. The van der Waals surface area contributed by atoms with E-state index in [0.29, 0.717) is 18.3 Å². The minimum atomic E-state index is -0.697. The number of rotatable bonds is 13. The second kappa shape index (κ2) is 15.7. The van der Waals surface area contributed by atoms with Crippen molar-refractivity contribution in [2.45, 2.75) is 95.9 Å². The number of methoxy groups -OCH3 is 1. The van der Waals surface area contributed by atoms with Crippen LogP contribution in [0.3, 0.4) is 0 Å². The first-order valence-electron chi connectivity index (χ1n) is 15.3. The van der Waals surface area contributed by atoms with Crippen LogP contribution in [0.1, 0.15) is 88.2 Å². The number of benzene rings is 2. The lowest BCUT2D eigenvalue weighted by atomic mass is 9.77. The van der Waals surface area contributed by atoms with Gasteiger partial charge in [-0.05, 0) is 80.0 Å². The molecule has 0 aromatic heterocycles.